The zero-order chi connectivity index (χ0) is 29.6. The van der Waals surface area contributed by atoms with Crippen molar-refractivity contribution in [2.45, 2.75) is 58.8 Å². The standard InChI is InChI=1S/C39H36N4/c1-25-18-22-31(26(2)40-25)27-14-11-15-29(20-19-27)37-41-36(28-12-7-5-6-8-13-28)42-38(43-37)30-21-23-33-32-16-9-10-17-34(32)39(3,4)35(33)24-30/h5,7,9-12,14,16-24H,6,8,13,15H2,1-4H3. The first kappa shape index (κ1) is 27.2. The monoisotopic (exact) mass is 560 g/mol. The lowest BCUT2D eigenvalue weighted by Gasteiger charge is -2.21. The first-order chi connectivity index (χ1) is 20.9. The average molecular weight is 561 g/mol. The highest BCUT2D eigenvalue weighted by atomic mass is 15.0. The summed E-state index contributed by atoms with van der Waals surface area (Å²) in [7, 11) is 0. The summed E-state index contributed by atoms with van der Waals surface area (Å²) in [5.74, 6) is 2.23. The molecule has 3 aliphatic carbocycles. The van der Waals surface area contributed by atoms with E-state index >= 15 is 0 Å². The molecule has 2 aromatic heterocycles. The molecule has 0 unspecified atom stereocenters. The minimum absolute atomic E-state index is 0.0893. The molecule has 0 amide bonds. The molecule has 0 aliphatic heterocycles. The van der Waals surface area contributed by atoms with Crippen LogP contribution < -0.4 is 0 Å². The molecule has 0 saturated heterocycles. The van der Waals surface area contributed by atoms with Gasteiger partial charge in [-0.05, 0) is 85.1 Å². The van der Waals surface area contributed by atoms with E-state index in [0.29, 0.717) is 0 Å². The van der Waals surface area contributed by atoms with Crippen molar-refractivity contribution in [2.75, 3.05) is 0 Å². The van der Waals surface area contributed by atoms with E-state index in [1.54, 1.807) is 0 Å². The van der Waals surface area contributed by atoms with Crippen LogP contribution in [0.15, 0.2) is 97.1 Å². The number of pyridine rings is 1. The van der Waals surface area contributed by atoms with Crippen molar-refractivity contribution >= 4 is 16.7 Å². The Balaban J connectivity index is 1.34. The normalized spacial score (nSPS) is 16.9. The van der Waals surface area contributed by atoms with Crippen molar-refractivity contribution < 1.29 is 0 Å². The van der Waals surface area contributed by atoms with E-state index in [1.165, 1.54) is 22.3 Å². The van der Waals surface area contributed by atoms with E-state index in [1.807, 2.05) is 6.92 Å². The molecule has 43 heavy (non-hydrogen) atoms. The van der Waals surface area contributed by atoms with Crippen molar-refractivity contribution in [3.05, 3.63) is 137 Å². The van der Waals surface area contributed by atoms with Crippen LogP contribution in [0.2, 0.25) is 0 Å². The molecule has 4 heteroatoms. The smallest absolute Gasteiger partial charge is 0.164 e. The highest BCUT2D eigenvalue weighted by Gasteiger charge is 2.35. The summed E-state index contributed by atoms with van der Waals surface area (Å²) in [6.45, 7) is 8.73. The lowest BCUT2D eigenvalue weighted by atomic mass is 9.82. The van der Waals surface area contributed by atoms with Gasteiger partial charge in [-0.25, -0.2) is 15.0 Å². The van der Waals surface area contributed by atoms with Gasteiger partial charge in [0.1, 0.15) is 0 Å². The molecule has 2 aromatic carbocycles. The van der Waals surface area contributed by atoms with Crippen LogP contribution in [0, 0.1) is 13.8 Å². The molecule has 3 aliphatic rings. The first-order valence-electron chi connectivity index (χ1n) is 15.3. The highest BCUT2D eigenvalue weighted by molar-refractivity contribution is 5.84. The van der Waals surface area contributed by atoms with E-state index in [-0.39, 0.29) is 5.41 Å². The lowest BCUT2D eigenvalue weighted by Crippen LogP contribution is -2.15. The molecule has 0 saturated carbocycles. The molecule has 212 valence electrons. The molecule has 7 rings (SSSR count). The molecule has 2 heterocycles. The van der Waals surface area contributed by atoms with Crippen LogP contribution in [-0.4, -0.2) is 19.9 Å². The predicted molar refractivity (Wildman–Crippen MR) is 177 cm³/mol. The molecule has 4 nitrogen and oxygen atoms in total. The number of hydrogen-bond acceptors (Lipinski definition) is 4. The van der Waals surface area contributed by atoms with Crippen LogP contribution in [-0.2, 0) is 5.41 Å². The SMILES string of the molecule is Cc1ccc(C2=CC=C(c3nc(C4=CC=CCCC4)nc(-c4ccc5c(c4)C(C)(C)c4ccccc4-5)n3)CC=C2)c(C)n1. The molecule has 0 atom stereocenters. The number of nitrogens with zero attached hydrogens (tertiary/aromatic N) is 4. The number of allylic oxidation sites excluding steroid dienone is 10. The first-order valence-corrected chi connectivity index (χ1v) is 15.3. The number of rotatable bonds is 4. The van der Waals surface area contributed by atoms with E-state index in [2.05, 4.69) is 123 Å². The van der Waals surface area contributed by atoms with Gasteiger partial charge in [0.05, 0.1) is 0 Å². The van der Waals surface area contributed by atoms with Crippen molar-refractivity contribution in [3.63, 3.8) is 0 Å². The summed E-state index contributed by atoms with van der Waals surface area (Å²) in [4.78, 5) is 20.0. The van der Waals surface area contributed by atoms with Gasteiger partial charge in [-0.2, -0.15) is 0 Å². The number of benzene rings is 2. The van der Waals surface area contributed by atoms with E-state index < -0.39 is 0 Å². The summed E-state index contributed by atoms with van der Waals surface area (Å²) < 4.78 is 0. The fraction of sp³-hybridized carbons (Fsp3) is 0.231. The van der Waals surface area contributed by atoms with E-state index in [0.717, 1.165) is 82.4 Å². The molecular weight excluding hydrogens is 524 g/mol. The molecule has 0 bridgehead atoms. The second kappa shape index (κ2) is 10.9. The van der Waals surface area contributed by atoms with Crippen molar-refractivity contribution in [3.8, 4) is 22.5 Å². The predicted octanol–water partition coefficient (Wildman–Crippen LogP) is 9.41. The number of aryl methyl sites for hydroxylation is 2. The third kappa shape index (κ3) is 5.01. The fourth-order valence-corrected chi connectivity index (χ4v) is 6.56. The highest BCUT2D eigenvalue weighted by Crippen LogP contribution is 2.49. The van der Waals surface area contributed by atoms with Gasteiger partial charge in [0.25, 0.3) is 0 Å². The zero-order valence-corrected chi connectivity index (χ0v) is 25.4. The Morgan fingerprint density at radius 1 is 0.674 bits per heavy atom. The number of fused-ring (bicyclic) bond motifs is 3. The van der Waals surface area contributed by atoms with Crippen LogP contribution in [0.3, 0.4) is 0 Å². The Morgan fingerprint density at radius 3 is 2.30 bits per heavy atom. The summed E-state index contributed by atoms with van der Waals surface area (Å²) in [6.07, 6.45) is 19.1. The minimum atomic E-state index is -0.0893. The third-order valence-electron chi connectivity index (χ3n) is 8.94. The van der Waals surface area contributed by atoms with Crippen LogP contribution >= 0.6 is 0 Å². The van der Waals surface area contributed by atoms with Crippen molar-refractivity contribution in [1.82, 2.24) is 19.9 Å². The van der Waals surface area contributed by atoms with Gasteiger partial charge in [0.2, 0.25) is 0 Å². The third-order valence-corrected chi connectivity index (χ3v) is 8.94. The lowest BCUT2D eigenvalue weighted by molar-refractivity contribution is 0.660. The van der Waals surface area contributed by atoms with Gasteiger partial charge < -0.3 is 0 Å². The van der Waals surface area contributed by atoms with Crippen molar-refractivity contribution in [2.24, 2.45) is 0 Å². The largest absolute Gasteiger partial charge is 0.258 e. The van der Waals surface area contributed by atoms with E-state index in [9.17, 15) is 0 Å². The Labute approximate surface area is 254 Å². The van der Waals surface area contributed by atoms with Gasteiger partial charge in [-0.1, -0.05) is 98.8 Å². The molecular formula is C39H36N4. The Morgan fingerprint density at radius 2 is 1.44 bits per heavy atom. The fourth-order valence-electron chi connectivity index (χ4n) is 6.56. The van der Waals surface area contributed by atoms with Crippen LogP contribution in [0.25, 0.3) is 39.2 Å². The van der Waals surface area contributed by atoms with E-state index in [4.69, 9.17) is 15.0 Å². The maximum absolute atomic E-state index is 5.13. The maximum Gasteiger partial charge on any atom is 0.164 e. The summed E-state index contributed by atoms with van der Waals surface area (Å²) in [5, 5.41) is 0. The quantitative estimate of drug-likeness (QED) is 0.249. The Kier molecular flexibility index (Phi) is 6.85. The molecule has 0 fully saturated rings. The molecule has 0 radical (unpaired) electrons. The zero-order valence-electron chi connectivity index (χ0n) is 25.4. The summed E-state index contributed by atoms with van der Waals surface area (Å²) in [5.41, 5.74) is 12.8. The maximum atomic E-state index is 5.13. The topological polar surface area (TPSA) is 51.6 Å². The minimum Gasteiger partial charge on any atom is -0.258 e. The number of hydrogen-bond donors (Lipinski definition) is 0. The second-order valence-corrected chi connectivity index (χ2v) is 12.3. The molecule has 0 N–H and O–H groups in total. The Bertz CT molecular complexity index is 1920. The van der Waals surface area contributed by atoms with Gasteiger partial charge in [-0.3, -0.25) is 4.98 Å². The van der Waals surface area contributed by atoms with Gasteiger partial charge in [0, 0.05) is 33.5 Å². The van der Waals surface area contributed by atoms with Crippen LogP contribution in [0.1, 0.15) is 79.3 Å². The van der Waals surface area contributed by atoms with Gasteiger partial charge in [0.15, 0.2) is 17.5 Å². The van der Waals surface area contributed by atoms with Crippen LogP contribution in [0.4, 0.5) is 0 Å². The summed E-state index contributed by atoms with van der Waals surface area (Å²) in [6, 6.07) is 19.7. The van der Waals surface area contributed by atoms with Crippen LogP contribution in [0.5, 0.6) is 0 Å². The summed E-state index contributed by atoms with van der Waals surface area (Å²) >= 11 is 0. The average Bonchev–Trinajstić information content (AvgIpc) is 3.33. The molecule has 0 spiro atoms. The Hall–Kier alpha value is -4.70. The number of aromatic nitrogens is 4. The van der Waals surface area contributed by atoms with Crippen molar-refractivity contribution in [1.29, 1.82) is 0 Å². The van der Waals surface area contributed by atoms with Gasteiger partial charge >= 0.3 is 0 Å². The van der Waals surface area contributed by atoms with Gasteiger partial charge in [-0.15, -0.1) is 0 Å². The second-order valence-electron chi connectivity index (χ2n) is 12.3. The molecule has 4 aromatic rings.